The Morgan fingerprint density at radius 1 is 0.329 bits per heavy atom. The third kappa shape index (κ3) is 15.8. The van der Waals surface area contributed by atoms with Gasteiger partial charge in [-0.25, -0.2) is 33.6 Å². The Hall–Kier alpha value is -8.95. The summed E-state index contributed by atoms with van der Waals surface area (Å²) >= 11 is 18.7. The van der Waals surface area contributed by atoms with Crippen LogP contribution in [0.25, 0.3) is 0 Å². The predicted molar refractivity (Wildman–Crippen MR) is 303 cm³/mol. The van der Waals surface area contributed by atoms with Crippen LogP contribution in [0.5, 0.6) is 0 Å². The molecule has 19 nitrogen and oxygen atoms in total. The SMILES string of the molecule is N=C(OC1O[C@H](COC(=O)c2ccccc2)[C@@H](OC(=O)c2ccccc2)[C@H](OC(=O)c2ccccc2)[C@@H]1O[C@H]1O[C@H](COC(=O)c2ccccc2)[C@@H](OC(=O)c2ccccc2)[C@H](OC(=O)c2ccccc2)[C@@H]1OC(=O)c1ccccc1)C(Cl)(Cl)Cl. The largest absolute Gasteiger partial charge is 0.459 e. The normalized spacial score (nSPS) is 21.8. The number of halogens is 3. The molecule has 1 N–H and O–H groups in total. The lowest BCUT2D eigenvalue weighted by atomic mass is 9.95. The van der Waals surface area contributed by atoms with Crippen molar-refractivity contribution in [3.8, 4) is 0 Å². The van der Waals surface area contributed by atoms with Gasteiger partial charge >= 0.3 is 41.8 Å². The Morgan fingerprint density at radius 3 is 0.871 bits per heavy atom. The van der Waals surface area contributed by atoms with Crippen LogP contribution >= 0.6 is 34.8 Å². The minimum Gasteiger partial charge on any atom is -0.459 e. The number of hydrogen-bond acceptors (Lipinski definition) is 19. The Morgan fingerprint density at radius 2 is 0.576 bits per heavy atom. The minimum absolute atomic E-state index is 0.00535. The van der Waals surface area contributed by atoms with Crippen LogP contribution in [0, 0.1) is 5.41 Å². The van der Waals surface area contributed by atoms with E-state index >= 15 is 0 Å². The predicted octanol–water partition coefficient (Wildman–Crippen LogP) is 10.0. The summed E-state index contributed by atoms with van der Waals surface area (Å²) in [6, 6.07) is 53.4. The third-order valence-electron chi connectivity index (χ3n) is 13.0. The molecule has 2 saturated heterocycles. The summed E-state index contributed by atoms with van der Waals surface area (Å²) in [5.74, 6) is -8.13. The maximum atomic E-state index is 14.6. The molecular formula is C63H50Cl3NO18. The zero-order chi connectivity index (χ0) is 59.9. The molecule has 436 valence electrons. The van der Waals surface area contributed by atoms with Gasteiger partial charge in [-0.05, 0) is 84.9 Å². The molecule has 2 fully saturated rings. The molecule has 22 heteroatoms. The van der Waals surface area contributed by atoms with Gasteiger partial charge in [0.15, 0.2) is 42.9 Å². The molecule has 0 radical (unpaired) electrons. The Labute approximate surface area is 500 Å². The number of rotatable bonds is 19. The molecule has 0 aromatic heterocycles. The molecule has 2 heterocycles. The van der Waals surface area contributed by atoms with Crippen molar-refractivity contribution >= 4 is 82.5 Å². The van der Waals surface area contributed by atoms with Crippen LogP contribution in [0.2, 0.25) is 0 Å². The van der Waals surface area contributed by atoms with Crippen LogP contribution in [-0.4, -0.2) is 126 Å². The average Bonchev–Trinajstić information content (AvgIpc) is 3.05. The third-order valence-corrected chi connectivity index (χ3v) is 13.5. The highest BCUT2D eigenvalue weighted by Crippen LogP contribution is 2.39. The fourth-order valence-electron chi connectivity index (χ4n) is 8.85. The molecule has 7 aromatic carbocycles. The summed E-state index contributed by atoms with van der Waals surface area (Å²) in [5, 5.41) is 8.84. The van der Waals surface area contributed by atoms with E-state index < -0.39 is 126 Å². The van der Waals surface area contributed by atoms with Crippen LogP contribution < -0.4 is 0 Å². The molecular weight excluding hydrogens is 1170 g/mol. The van der Waals surface area contributed by atoms with Crippen LogP contribution in [0.15, 0.2) is 212 Å². The molecule has 10 atom stereocenters. The van der Waals surface area contributed by atoms with Crippen molar-refractivity contribution in [1.82, 2.24) is 0 Å². The van der Waals surface area contributed by atoms with Crippen molar-refractivity contribution in [2.75, 3.05) is 13.2 Å². The van der Waals surface area contributed by atoms with E-state index in [1.165, 1.54) is 109 Å². The van der Waals surface area contributed by atoms with Gasteiger partial charge in [0, 0.05) is 0 Å². The zero-order valence-electron chi connectivity index (χ0n) is 44.4. The number of hydrogen-bond donors (Lipinski definition) is 1. The quantitative estimate of drug-likeness (QED) is 0.0260. The average molecular weight is 1220 g/mol. The molecule has 0 aliphatic carbocycles. The highest BCUT2D eigenvalue weighted by atomic mass is 35.6. The Kier molecular flexibility index (Phi) is 20.4. The number of carbonyl (C=O) groups excluding carboxylic acids is 7. The van der Waals surface area contributed by atoms with Gasteiger partial charge in [-0.2, -0.15) is 0 Å². The summed E-state index contributed by atoms with van der Waals surface area (Å²) in [5.41, 5.74) is 0.0312. The number of nitrogens with one attached hydrogen (secondary N) is 1. The van der Waals surface area contributed by atoms with E-state index in [9.17, 15) is 33.6 Å². The van der Waals surface area contributed by atoms with Gasteiger partial charge in [-0.1, -0.05) is 162 Å². The van der Waals surface area contributed by atoms with Gasteiger partial charge < -0.3 is 52.1 Å². The first-order chi connectivity index (χ1) is 41.1. The van der Waals surface area contributed by atoms with Crippen LogP contribution in [-0.2, 0) is 52.1 Å². The molecule has 85 heavy (non-hydrogen) atoms. The summed E-state index contributed by atoms with van der Waals surface area (Å²) in [4.78, 5) is 99.8. The van der Waals surface area contributed by atoms with E-state index in [1.54, 1.807) is 103 Å². The number of esters is 7. The molecule has 9 rings (SSSR count). The van der Waals surface area contributed by atoms with Crippen molar-refractivity contribution < 1.29 is 85.7 Å². The summed E-state index contributed by atoms with van der Waals surface area (Å²) in [6.07, 6.45) is -19.9. The second-order valence-corrected chi connectivity index (χ2v) is 21.0. The number of alkyl halides is 3. The minimum atomic E-state index is -2.65. The fourth-order valence-corrected chi connectivity index (χ4v) is 8.98. The van der Waals surface area contributed by atoms with Crippen LogP contribution in [0.3, 0.4) is 0 Å². The Balaban J connectivity index is 1.22. The van der Waals surface area contributed by atoms with Gasteiger partial charge in [0.2, 0.25) is 12.2 Å². The molecule has 0 amide bonds. The first-order valence-corrected chi connectivity index (χ1v) is 27.3. The summed E-state index contributed by atoms with van der Waals surface area (Å²) < 4.78 is 66.2. The van der Waals surface area contributed by atoms with E-state index in [-0.39, 0.29) is 38.9 Å². The molecule has 0 bridgehead atoms. The maximum absolute atomic E-state index is 14.6. The van der Waals surface area contributed by atoms with E-state index in [0.29, 0.717) is 0 Å². The van der Waals surface area contributed by atoms with Gasteiger partial charge in [0.1, 0.15) is 25.4 Å². The Bertz CT molecular complexity index is 3420. The van der Waals surface area contributed by atoms with Gasteiger partial charge in [-0.15, -0.1) is 0 Å². The monoisotopic (exact) mass is 1210 g/mol. The van der Waals surface area contributed by atoms with Gasteiger partial charge in [0.05, 0.1) is 38.9 Å². The lowest BCUT2D eigenvalue weighted by Gasteiger charge is -2.48. The van der Waals surface area contributed by atoms with Gasteiger partial charge in [0.25, 0.3) is 3.79 Å². The fraction of sp³-hybridized carbons (Fsp3) is 0.206. The van der Waals surface area contributed by atoms with Crippen LogP contribution in [0.4, 0.5) is 0 Å². The highest BCUT2D eigenvalue weighted by Gasteiger charge is 2.59. The van der Waals surface area contributed by atoms with E-state index in [2.05, 4.69) is 0 Å². The molecule has 2 aliphatic heterocycles. The van der Waals surface area contributed by atoms with E-state index in [1.807, 2.05) is 0 Å². The number of ether oxygens (including phenoxy) is 11. The molecule has 1 unspecified atom stereocenters. The number of carbonyl (C=O) groups is 7. The first-order valence-electron chi connectivity index (χ1n) is 26.1. The molecule has 0 saturated carbocycles. The topological polar surface area (TPSA) is 245 Å². The van der Waals surface area contributed by atoms with E-state index in [0.717, 1.165) is 0 Å². The van der Waals surface area contributed by atoms with Crippen molar-refractivity contribution in [1.29, 1.82) is 5.41 Å². The lowest BCUT2D eigenvalue weighted by molar-refractivity contribution is -0.356. The standard InChI is InChI=1S/C63H50Cl3NO18/c64-63(65,66)62(67)85-61-52(50(82-58(73)43-32-18-6-19-33-43)48(80-56(71)41-28-14-4-15-29-41)46(78-61)37-76-54(69)39-24-10-2-11-25-39)84-60-51(83-59(74)44-34-20-7-21-35-44)49(81-57(72)42-30-16-5-17-31-42)47(79-55(70)40-26-12-3-13-27-40)45(77-60)36-75-53(68)38-22-8-1-9-23-38/h1-35,45-52,60-61,67H,36-37H2/t45-,46-,47-,48-,49+,50+,51+,52+,60-,61?/m1/s1. The smallest absolute Gasteiger partial charge is 0.338 e. The summed E-state index contributed by atoms with van der Waals surface area (Å²) in [6.45, 7) is -1.59. The highest BCUT2D eigenvalue weighted by molar-refractivity contribution is 6.76. The van der Waals surface area contributed by atoms with Gasteiger partial charge in [-0.3, -0.25) is 5.41 Å². The van der Waals surface area contributed by atoms with E-state index in [4.69, 9.17) is 92.3 Å². The zero-order valence-corrected chi connectivity index (χ0v) is 46.6. The molecule has 2 aliphatic rings. The summed E-state index contributed by atoms with van der Waals surface area (Å²) in [7, 11) is 0. The van der Waals surface area contributed by atoms with Crippen molar-refractivity contribution in [2.45, 2.75) is 65.2 Å². The maximum Gasteiger partial charge on any atom is 0.338 e. The lowest BCUT2D eigenvalue weighted by Crippen LogP contribution is -2.67. The first kappa shape index (κ1) is 60.6. The second-order valence-electron chi connectivity index (χ2n) is 18.7. The van der Waals surface area contributed by atoms with Crippen LogP contribution in [0.1, 0.15) is 72.5 Å². The second kappa shape index (κ2) is 28.6. The van der Waals surface area contributed by atoms with Crippen molar-refractivity contribution in [3.05, 3.63) is 251 Å². The van der Waals surface area contributed by atoms with Crippen molar-refractivity contribution in [2.24, 2.45) is 0 Å². The number of benzene rings is 7. The molecule has 0 spiro atoms. The van der Waals surface area contributed by atoms with Crippen molar-refractivity contribution in [3.63, 3.8) is 0 Å². The molecule has 7 aromatic rings.